The summed E-state index contributed by atoms with van der Waals surface area (Å²) in [6, 6.07) is 5.51. The Morgan fingerprint density at radius 2 is 2.25 bits per heavy atom. The SMILES string of the molecule is C#CCNc1ccc(C(=O)NCC)cc1C. The van der Waals surface area contributed by atoms with Crippen LogP contribution < -0.4 is 10.6 Å². The molecule has 0 spiro atoms. The number of benzene rings is 1. The quantitative estimate of drug-likeness (QED) is 0.753. The second-order valence-electron chi connectivity index (χ2n) is 3.45. The topological polar surface area (TPSA) is 41.1 Å². The molecule has 1 aromatic rings. The molecule has 3 heteroatoms. The van der Waals surface area contributed by atoms with Crippen molar-refractivity contribution in [2.45, 2.75) is 13.8 Å². The highest BCUT2D eigenvalue weighted by molar-refractivity contribution is 5.94. The fraction of sp³-hybridized carbons (Fsp3) is 0.308. The summed E-state index contributed by atoms with van der Waals surface area (Å²) in [7, 11) is 0. The Bertz CT molecular complexity index is 418. The zero-order valence-corrected chi connectivity index (χ0v) is 9.63. The van der Waals surface area contributed by atoms with Crippen LogP contribution >= 0.6 is 0 Å². The number of carbonyl (C=O) groups excluding carboxylic acids is 1. The second-order valence-corrected chi connectivity index (χ2v) is 3.45. The van der Waals surface area contributed by atoms with E-state index in [2.05, 4.69) is 16.6 Å². The first-order chi connectivity index (χ1) is 7.69. The predicted octanol–water partition coefficient (Wildman–Crippen LogP) is 1.79. The summed E-state index contributed by atoms with van der Waals surface area (Å²) in [5, 5.41) is 5.85. The summed E-state index contributed by atoms with van der Waals surface area (Å²) in [6.07, 6.45) is 5.17. The molecule has 0 aromatic heterocycles. The summed E-state index contributed by atoms with van der Waals surface area (Å²) in [4.78, 5) is 11.6. The van der Waals surface area contributed by atoms with Crippen LogP contribution in [0.5, 0.6) is 0 Å². The lowest BCUT2D eigenvalue weighted by Gasteiger charge is -2.09. The van der Waals surface area contributed by atoms with E-state index in [0.29, 0.717) is 18.7 Å². The Balaban J connectivity index is 2.83. The van der Waals surface area contributed by atoms with E-state index in [1.165, 1.54) is 0 Å². The molecule has 0 aliphatic rings. The first-order valence-corrected chi connectivity index (χ1v) is 5.25. The summed E-state index contributed by atoms with van der Waals surface area (Å²) in [5.74, 6) is 2.46. The molecule has 3 nitrogen and oxygen atoms in total. The number of terminal acetylenes is 1. The highest BCUT2D eigenvalue weighted by Gasteiger charge is 2.05. The van der Waals surface area contributed by atoms with E-state index < -0.39 is 0 Å². The van der Waals surface area contributed by atoms with Crippen molar-refractivity contribution >= 4 is 11.6 Å². The van der Waals surface area contributed by atoms with Crippen LogP contribution in [-0.2, 0) is 0 Å². The van der Waals surface area contributed by atoms with Gasteiger partial charge in [-0.05, 0) is 37.6 Å². The van der Waals surface area contributed by atoms with E-state index in [9.17, 15) is 4.79 Å². The average Bonchev–Trinajstić information content (AvgIpc) is 2.27. The molecule has 1 amide bonds. The van der Waals surface area contributed by atoms with Gasteiger partial charge in [-0.1, -0.05) is 5.92 Å². The van der Waals surface area contributed by atoms with Gasteiger partial charge in [0.2, 0.25) is 0 Å². The lowest BCUT2D eigenvalue weighted by Crippen LogP contribution is -2.22. The summed E-state index contributed by atoms with van der Waals surface area (Å²) >= 11 is 0. The van der Waals surface area contributed by atoms with Gasteiger partial charge >= 0.3 is 0 Å². The van der Waals surface area contributed by atoms with Gasteiger partial charge < -0.3 is 10.6 Å². The van der Waals surface area contributed by atoms with Crippen LogP contribution in [-0.4, -0.2) is 19.0 Å². The molecule has 2 N–H and O–H groups in total. The second kappa shape index (κ2) is 5.82. The van der Waals surface area contributed by atoms with Crippen molar-refractivity contribution in [1.82, 2.24) is 5.32 Å². The van der Waals surface area contributed by atoms with E-state index in [1.807, 2.05) is 26.0 Å². The zero-order chi connectivity index (χ0) is 12.0. The van der Waals surface area contributed by atoms with Crippen LogP contribution in [0, 0.1) is 19.3 Å². The van der Waals surface area contributed by atoms with Gasteiger partial charge in [0.1, 0.15) is 0 Å². The highest BCUT2D eigenvalue weighted by Crippen LogP contribution is 2.16. The van der Waals surface area contributed by atoms with Crippen LogP contribution in [0.2, 0.25) is 0 Å². The van der Waals surface area contributed by atoms with Gasteiger partial charge in [0.25, 0.3) is 5.91 Å². The fourth-order valence-electron chi connectivity index (χ4n) is 1.41. The molecule has 16 heavy (non-hydrogen) atoms. The molecule has 1 aromatic carbocycles. The van der Waals surface area contributed by atoms with Crippen molar-refractivity contribution in [3.8, 4) is 12.3 Å². The maximum atomic E-state index is 11.6. The zero-order valence-electron chi connectivity index (χ0n) is 9.63. The first kappa shape index (κ1) is 12.1. The first-order valence-electron chi connectivity index (χ1n) is 5.25. The van der Waals surface area contributed by atoms with Crippen molar-refractivity contribution in [3.05, 3.63) is 29.3 Å². The maximum Gasteiger partial charge on any atom is 0.251 e. The average molecular weight is 216 g/mol. The van der Waals surface area contributed by atoms with Crippen LogP contribution in [0.15, 0.2) is 18.2 Å². The minimum atomic E-state index is -0.0471. The standard InChI is InChI=1S/C13H16N2O/c1-4-8-15-12-7-6-11(9-10(12)3)13(16)14-5-2/h1,6-7,9,15H,5,8H2,2-3H3,(H,14,16). The molecule has 1 rings (SSSR count). The van der Waals surface area contributed by atoms with Gasteiger partial charge in [-0.25, -0.2) is 0 Å². The normalized spacial score (nSPS) is 9.31. The molecule has 0 radical (unpaired) electrons. The lowest BCUT2D eigenvalue weighted by molar-refractivity contribution is 0.0956. The summed E-state index contributed by atoms with van der Waals surface area (Å²) in [6.45, 7) is 4.96. The monoisotopic (exact) mass is 216 g/mol. The molecule has 0 aliphatic carbocycles. The number of rotatable bonds is 4. The largest absolute Gasteiger partial charge is 0.374 e. The molecule has 0 bridgehead atoms. The van der Waals surface area contributed by atoms with E-state index in [-0.39, 0.29) is 5.91 Å². The smallest absolute Gasteiger partial charge is 0.251 e. The van der Waals surface area contributed by atoms with Crippen molar-refractivity contribution in [3.63, 3.8) is 0 Å². The molecule has 0 fully saturated rings. The Morgan fingerprint density at radius 3 is 2.81 bits per heavy atom. The Labute approximate surface area is 96.2 Å². The Kier molecular flexibility index (Phi) is 4.41. The van der Waals surface area contributed by atoms with E-state index in [4.69, 9.17) is 6.42 Å². The van der Waals surface area contributed by atoms with Crippen LogP contribution in [0.1, 0.15) is 22.8 Å². The Morgan fingerprint density at radius 1 is 1.50 bits per heavy atom. The Hall–Kier alpha value is -1.95. The highest BCUT2D eigenvalue weighted by atomic mass is 16.1. The van der Waals surface area contributed by atoms with Gasteiger partial charge in [-0.2, -0.15) is 0 Å². The molecule has 0 unspecified atom stereocenters. The molecule has 84 valence electrons. The van der Waals surface area contributed by atoms with Gasteiger partial charge in [0.15, 0.2) is 0 Å². The number of hydrogen-bond acceptors (Lipinski definition) is 2. The summed E-state index contributed by atoms with van der Waals surface area (Å²) < 4.78 is 0. The minimum absolute atomic E-state index is 0.0471. The third-order valence-corrected chi connectivity index (χ3v) is 2.21. The number of carbonyl (C=O) groups is 1. The summed E-state index contributed by atoms with van der Waals surface area (Å²) in [5.41, 5.74) is 2.65. The minimum Gasteiger partial charge on any atom is -0.374 e. The van der Waals surface area contributed by atoms with Gasteiger partial charge in [0.05, 0.1) is 6.54 Å². The number of hydrogen-bond donors (Lipinski definition) is 2. The van der Waals surface area contributed by atoms with Crippen LogP contribution in [0.3, 0.4) is 0 Å². The number of aryl methyl sites for hydroxylation is 1. The van der Waals surface area contributed by atoms with Crippen molar-refractivity contribution in [2.24, 2.45) is 0 Å². The van der Waals surface area contributed by atoms with E-state index in [0.717, 1.165) is 11.3 Å². The molecular formula is C13H16N2O. The van der Waals surface area contributed by atoms with Gasteiger partial charge in [-0.3, -0.25) is 4.79 Å². The fourth-order valence-corrected chi connectivity index (χ4v) is 1.41. The number of anilines is 1. The third kappa shape index (κ3) is 3.03. The molecule has 0 saturated heterocycles. The molecule has 0 atom stereocenters. The molecule has 0 aliphatic heterocycles. The van der Waals surface area contributed by atoms with E-state index in [1.54, 1.807) is 6.07 Å². The van der Waals surface area contributed by atoms with Crippen LogP contribution in [0.25, 0.3) is 0 Å². The van der Waals surface area contributed by atoms with Gasteiger partial charge in [-0.15, -0.1) is 6.42 Å². The molecular weight excluding hydrogens is 200 g/mol. The maximum absolute atomic E-state index is 11.6. The third-order valence-electron chi connectivity index (χ3n) is 2.21. The van der Waals surface area contributed by atoms with Crippen molar-refractivity contribution in [2.75, 3.05) is 18.4 Å². The van der Waals surface area contributed by atoms with E-state index >= 15 is 0 Å². The predicted molar refractivity (Wildman–Crippen MR) is 66.5 cm³/mol. The van der Waals surface area contributed by atoms with Crippen molar-refractivity contribution in [1.29, 1.82) is 0 Å². The lowest BCUT2D eigenvalue weighted by atomic mass is 10.1. The molecule has 0 heterocycles. The van der Waals surface area contributed by atoms with Gasteiger partial charge in [0, 0.05) is 17.8 Å². The van der Waals surface area contributed by atoms with Crippen molar-refractivity contribution < 1.29 is 4.79 Å². The molecule has 0 saturated carbocycles. The number of nitrogens with one attached hydrogen (secondary N) is 2. The number of amides is 1. The van der Waals surface area contributed by atoms with Crippen LogP contribution in [0.4, 0.5) is 5.69 Å².